The molecule has 1 unspecified atom stereocenters. The second kappa shape index (κ2) is 7.51. The Labute approximate surface area is 108 Å². The number of hydrogen-bond donors (Lipinski definition) is 0. The van der Waals surface area contributed by atoms with E-state index in [4.69, 9.17) is 8.85 Å². The van der Waals surface area contributed by atoms with Gasteiger partial charge in [0.25, 0.3) is 0 Å². The van der Waals surface area contributed by atoms with Crippen LogP contribution >= 0.6 is 0 Å². The summed E-state index contributed by atoms with van der Waals surface area (Å²) in [6.07, 6.45) is 5.19. The van der Waals surface area contributed by atoms with Crippen LogP contribution in [0.15, 0.2) is 0 Å². The van der Waals surface area contributed by atoms with Crippen LogP contribution in [0.5, 0.6) is 0 Å². The standard InChI is InChI=1S/C13H29NO2Si/c1-5-13(14-11-9-8-10-12-14)17(4,15-6-2)16-7-3/h13H,5-12H2,1-4H3. The summed E-state index contributed by atoms with van der Waals surface area (Å²) >= 11 is 0. The van der Waals surface area contributed by atoms with Crippen molar-refractivity contribution in [2.75, 3.05) is 26.3 Å². The number of piperidine rings is 1. The zero-order valence-corrected chi connectivity index (χ0v) is 13.0. The maximum Gasteiger partial charge on any atom is 0.352 e. The zero-order chi connectivity index (χ0) is 12.7. The van der Waals surface area contributed by atoms with Gasteiger partial charge in [-0.3, -0.25) is 4.90 Å². The maximum absolute atomic E-state index is 6.05. The van der Waals surface area contributed by atoms with E-state index in [0.717, 1.165) is 19.6 Å². The molecule has 4 heteroatoms. The lowest BCUT2D eigenvalue weighted by molar-refractivity contribution is 0.117. The molecule has 0 bridgehead atoms. The fraction of sp³-hybridized carbons (Fsp3) is 1.00. The molecular formula is C13H29NO2Si. The average Bonchev–Trinajstić information content (AvgIpc) is 2.31. The Balaban J connectivity index is 2.71. The van der Waals surface area contributed by atoms with E-state index in [1.54, 1.807) is 0 Å². The van der Waals surface area contributed by atoms with Crippen LogP contribution in [0.1, 0.15) is 46.5 Å². The molecule has 1 atom stereocenters. The van der Waals surface area contributed by atoms with Gasteiger partial charge < -0.3 is 8.85 Å². The van der Waals surface area contributed by atoms with Gasteiger partial charge in [-0.1, -0.05) is 13.3 Å². The highest BCUT2D eigenvalue weighted by Gasteiger charge is 2.43. The highest BCUT2D eigenvalue weighted by molar-refractivity contribution is 6.67. The van der Waals surface area contributed by atoms with Crippen LogP contribution in [0, 0.1) is 0 Å². The lowest BCUT2D eigenvalue weighted by atomic mass is 10.1. The zero-order valence-electron chi connectivity index (χ0n) is 12.0. The van der Waals surface area contributed by atoms with E-state index in [-0.39, 0.29) is 0 Å². The van der Waals surface area contributed by atoms with Crippen molar-refractivity contribution in [2.45, 2.75) is 58.7 Å². The molecule has 3 nitrogen and oxygen atoms in total. The van der Waals surface area contributed by atoms with Crippen LogP contribution in [-0.2, 0) is 8.85 Å². The Morgan fingerprint density at radius 1 is 1.00 bits per heavy atom. The van der Waals surface area contributed by atoms with E-state index < -0.39 is 8.56 Å². The van der Waals surface area contributed by atoms with Gasteiger partial charge in [0.15, 0.2) is 0 Å². The van der Waals surface area contributed by atoms with Crippen LogP contribution in [0.4, 0.5) is 0 Å². The highest BCUT2D eigenvalue weighted by Crippen LogP contribution is 2.24. The first-order valence-corrected chi connectivity index (χ1v) is 9.59. The Kier molecular flexibility index (Phi) is 6.70. The van der Waals surface area contributed by atoms with Crippen LogP contribution in [-0.4, -0.2) is 45.4 Å². The predicted octanol–water partition coefficient (Wildman–Crippen LogP) is 2.94. The quantitative estimate of drug-likeness (QED) is 0.656. The smallest absolute Gasteiger partial charge is 0.352 e. The first kappa shape index (κ1) is 15.2. The second-order valence-electron chi connectivity index (χ2n) is 4.90. The van der Waals surface area contributed by atoms with Gasteiger partial charge in [0.2, 0.25) is 0 Å². The van der Waals surface area contributed by atoms with Gasteiger partial charge in [0.05, 0.1) is 5.67 Å². The number of nitrogens with zero attached hydrogens (tertiary/aromatic N) is 1. The van der Waals surface area contributed by atoms with Crippen molar-refractivity contribution >= 4 is 8.56 Å². The molecule has 1 rings (SSSR count). The minimum atomic E-state index is -2.04. The fourth-order valence-corrected chi connectivity index (χ4v) is 6.28. The average molecular weight is 259 g/mol. The summed E-state index contributed by atoms with van der Waals surface area (Å²) in [4.78, 5) is 2.61. The lowest BCUT2D eigenvalue weighted by Gasteiger charge is -2.42. The van der Waals surface area contributed by atoms with Crippen molar-refractivity contribution in [1.82, 2.24) is 4.90 Å². The van der Waals surface area contributed by atoms with E-state index >= 15 is 0 Å². The maximum atomic E-state index is 6.05. The van der Waals surface area contributed by atoms with E-state index in [1.807, 2.05) is 0 Å². The normalized spacial score (nSPS) is 20.5. The number of hydrogen-bond acceptors (Lipinski definition) is 3. The molecule has 0 saturated carbocycles. The lowest BCUT2D eigenvalue weighted by Crippen LogP contribution is -2.59. The fourth-order valence-electron chi connectivity index (χ4n) is 3.00. The molecule has 102 valence electrons. The molecule has 1 aliphatic heterocycles. The van der Waals surface area contributed by atoms with Gasteiger partial charge in [-0.05, 0) is 52.7 Å². The highest BCUT2D eigenvalue weighted by atomic mass is 28.4. The molecule has 0 aromatic heterocycles. The summed E-state index contributed by atoms with van der Waals surface area (Å²) in [5.74, 6) is 0. The predicted molar refractivity (Wildman–Crippen MR) is 74.4 cm³/mol. The molecule has 0 amide bonds. The molecule has 1 heterocycles. The first-order chi connectivity index (χ1) is 8.18. The Bertz CT molecular complexity index is 202. The summed E-state index contributed by atoms with van der Waals surface area (Å²) < 4.78 is 12.1. The second-order valence-corrected chi connectivity index (χ2v) is 8.18. The third-order valence-electron chi connectivity index (χ3n) is 3.69. The van der Waals surface area contributed by atoms with Crippen molar-refractivity contribution in [3.63, 3.8) is 0 Å². The van der Waals surface area contributed by atoms with E-state index in [9.17, 15) is 0 Å². The summed E-state index contributed by atoms with van der Waals surface area (Å²) in [5, 5.41) is 0. The van der Waals surface area contributed by atoms with Gasteiger partial charge in [-0.25, -0.2) is 0 Å². The largest absolute Gasteiger partial charge is 0.394 e. The minimum absolute atomic E-state index is 0.516. The van der Waals surface area contributed by atoms with Crippen molar-refractivity contribution < 1.29 is 8.85 Å². The van der Waals surface area contributed by atoms with Crippen LogP contribution < -0.4 is 0 Å². The van der Waals surface area contributed by atoms with E-state index in [2.05, 4.69) is 32.2 Å². The summed E-state index contributed by atoms with van der Waals surface area (Å²) in [5.41, 5.74) is 0.516. The molecule has 0 spiro atoms. The van der Waals surface area contributed by atoms with Crippen molar-refractivity contribution in [1.29, 1.82) is 0 Å². The van der Waals surface area contributed by atoms with E-state index in [1.165, 1.54) is 32.4 Å². The van der Waals surface area contributed by atoms with Gasteiger partial charge in [-0.15, -0.1) is 0 Å². The molecular weight excluding hydrogens is 230 g/mol. The van der Waals surface area contributed by atoms with Crippen molar-refractivity contribution in [2.24, 2.45) is 0 Å². The summed E-state index contributed by atoms with van der Waals surface area (Å²) in [7, 11) is -2.04. The topological polar surface area (TPSA) is 21.7 Å². The third kappa shape index (κ3) is 4.05. The number of likely N-dealkylation sites (tertiary alicyclic amines) is 1. The molecule has 17 heavy (non-hydrogen) atoms. The number of rotatable bonds is 7. The van der Waals surface area contributed by atoms with Gasteiger partial charge in [0.1, 0.15) is 0 Å². The molecule has 0 aromatic carbocycles. The summed E-state index contributed by atoms with van der Waals surface area (Å²) in [6, 6.07) is 0. The van der Waals surface area contributed by atoms with Crippen molar-refractivity contribution in [3.8, 4) is 0 Å². The summed E-state index contributed by atoms with van der Waals surface area (Å²) in [6.45, 7) is 12.6. The SMILES string of the molecule is CCO[Si](C)(OCC)C(CC)N1CCCCC1. The van der Waals surface area contributed by atoms with Crippen LogP contribution in [0.25, 0.3) is 0 Å². The third-order valence-corrected chi connectivity index (χ3v) is 7.39. The molecule has 1 aliphatic rings. The Morgan fingerprint density at radius 2 is 1.53 bits per heavy atom. The molecule has 1 saturated heterocycles. The van der Waals surface area contributed by atoms with Crippen molar-refractivity contribution in [3.05, 3.63) is 0 Å². The van der Waals surface area contributed by atoms with Crippen LogP contribution in [0.2, 0.25) is 6.55 Å². The first-order valence-electron chi connectivity index (χ1n) is 7.19. The molecule has 0 aliphatic carbocycles. The molecule has 0 radical (unpaired) electrons. The Hall–Kier alpha value is 0.0969. The molecule has 1 fully saturated rings. The monoisotopic (exact) mass is 259 g/mol. The molecule has 0 aromatic rings. The van der Waals surface area contributed by atoms with Crippen LogP contribution in [0.3, 0.4) is 0 Å². The van der Waals surface area contributed by atoms with Gasteiger partial charge >= 0.3 is 8.56 Å². The molecule has 0 N–H and O–H groups in total. The Morgan fingerprint density at radius 3 is 1.94 bits per heavy atom. The van der Waals surface area contributed by atoms with E-state index in [0.29, 0.717) is 5.67 Å². The van der Waals surface area contributed by atoms with Gasteiger partial charge in [0, 0.05) is 13.2 Å². The minimum Gasteiger partial charge on any atom is -0.394 e. The van der Waals surface area contributed by atoms with Gasteiger partial charge in [-0.2, -0.15) is 0 Å².